The van der Waals surface area contributed by atoms with E-state index in [0.717, 1.165) is 40.0 Å². The van der Waals surface area contributed by atoms with Gasteiger partial charge in [-0.2, -0.15) is 0 Å². The molecule has 0 spiro atoms. The standard InChI is InChI=1S/C34H21N5/c1-2-10-23(11-3-1)38-31-19-22-9-5-4-8-21(22)18-27(31)26-15-14-25-24-12-6-7-13-30(24)39(33(25)32(26)38)34-36-20-29-28(37-34)16-17-35-29/h1-15,17-20H,16H2. The van der Waals surface area contributed by atoms with Crippen molar-refractivity contribution in [2.45, 2.75) is 6.42 Å². The number of hydrogen-bond acceptors (Lipinski definition) is 3. The van der Waals surface area contributed by atoms with Crippen LogP contribution in [0.15, 0.2) is 114 Å². The van der Waals surface area contributed by atoms with E-state index in [-0.39, 0.29) is 0 Å². The van der Waals surface area contributed by atoms with Gasteiger partial charge >= 0.3 is 0 Å². The van der Waals surface area contributed by atoms with Gasteiger partial charge in [-0.3, -0.25) is 9.56 Å². The van der Waals surface area contributed by atoms with Crippen LogP contribution in [-0.2, 0) is 6.42 Å². The van der Waals surface area contributed by atoms with Crippen LogP contribution in [0.1, 0.15) is 5.69 Å². The highest BCUT2D eigenvalue weighted by Crippen LogP contribution is 2.42. The van der Waals surface area contributed by atoms with Gasteiger partial charge in [0.25, 0.3) is 0 Å². The highest BCUT2D eigenvalue weighted by Gasteiger charge is 2.23. The van der Waals surface area contributed by atoms with Crippen molar-refractivity contribution >= 4 is 66.3 Å². The monoisotopic (exact) mass is 499 g/mol. The van der Waals surface area contributed by atoms with E-state index in [1.54, 1.807) is 0 Å². The molecule has 0 amide bonds. The van der Waals surface area contributed by atoms with Crippen molar-refractivity contribution in [3.63, 3.8) is 0 Å². The zero-order valence-corrected chi connectivity index (χ0v) is 20.9. The molecule has 3 aromatic heterocycles. The van der Waals surface area contributed by atoms with Gasteiger partial charge in [-0.1, -0.05) is 72.8 Å². The lowest BCUT2D eigenvalue weighted by molar-refractivity contribution is 0.962. The average Bonchev–Trinajstić information content (AvgIpc) is 3.68. The number of benzene rings is 5. The second-order valence-electron chi connectivity index (χ2n) is 10.1. The maximum absolute atomic E-state index is 5.02. The molecule has 9 rings (SSSR count). The van der Waals surface area contributed by atoms with E-state index < -0.39 is 0 Å². The molecule has 5 nitrogen and oxygen atoms in total. The highest BCUT2D eigenvalue weighted by atomic mass is 15.2. The van der Waals surface area contributed by atoms with E-state index in [9.17, 15) is 0 Å². The Bertz CT molecular complexity index is 2300. The lowest BCUT2D eigenvalue weighted by Crippen LogP contribution is -2.04. The van der Waals surface area contributed by atoms with E-state index >= 15 is 0 Å². The lowest BCUT2D eigenvalue weighted by Gasteiger charge is -2.12. The summed E-state index contributed by atoms with van der Waals surface area (Å²) in [6.45, 7) is 0. The Kier molecular flexibility index (Phi) is 4.05. The lowest BCUT2D eigenvalue weighted by atomic mass is 10.1. The largest absolute Gasteiger partial charge is 0.307 e. The van der Waals surface area contributed by atoms with Gasteiger partial charge in [0.05, 0.1) is 34.0 Å². The summed E-state index contributed by atoms with van der Waals surface area (Å²) in [5.74, 6) is 0.674. The minimum Gasteiger partial charge on any atom is -0.307 e. The summed E-state index contributed by atoms with van der Waals surface area (Å²) >= 11 is 0. The zero-order valence-electron chi connectivity index (χ0n) is 20.9. The number of para-hydroxylation sites is 2. The molecule has 182 valence electrons. The summed E-state index contributed by atoms with van der Waals surface area (Å²) in [5, 5.41) is 7.27. The van der Waals surface area contributed by atoms with Gasteiger partial charge in [0, 0.05) is 39.9 Å². The third kappa shape index (κ3) is 2.81. The summed E-state index contributed by atoms with van der Waals surface area (Å²) in [4.78, 5) is 14.3. The summed E-state index contributed by atoms with van der Waals surface area (Å²) < 4.78 is 4.65. The molecule has 5 heteroatoms. The first-order valence-electron chi connectivity index (χ1n) is 13.2. The van der Waals surface area contributed by atoms with Gasteiger partial charge in [0.2, 0.25) is 5.95 Å². The molecule has 1 aliphatic heterocycles. The molecule has 8 aromatic rings. The van der Waals surface area contributed by atoms with Crippen LogP contribution < -0.4 is 0 Å². The molecular formula is C34H21N5. The van der Waals surface area contributed by atoms with Crippen molar-refractivity contribution in [3.8, 4) is 11.6 Å². The van der Waals surface area contributed by atoms with E-state index in [2.05, 4.69) is 117 Å². The van der Waals surface area contributed by atoms with Crippen molar-refractivity contribution in [2.24, 2.45) is 4.99 Å². The second-order valence-corrected chi connectivity index (χ2v) is 10.1. The molecule has 0 saturated carbocycles. The first-order valence-corrected chi connectivity index (χ1v) is 13.2. The fourth-order valence-corrected chi connectivity index (χ4v) is 6.28. The maximum Gasteiger partial charge on any atom is 0.235 e. The minimum atomic E-state index is 0.674. The predicted molar refractivity (Wildman–Crippen MR) is 160 cm³/mol. The third-order valence-corrected chi connectivity index (χ3v) is 7.99. The SMILES string of the molecule is C1=Nc2cnc(-n3c4ccccc4c4ccc5c6cc7ccccc7cc6n(-c6ccccc6)c5c43)nc2C1. The van der Waals surface area contributed by atoms with Crippen molar-refractivity contribution in [1.29, 1.82) is 0 Å². The quantitative estimate of drug-likeness (QED) is 0.241. The highest BCUT2D eigenvalue weighted by molar-refractivity contribution is 6.24. The number of fused-ring (bicyclic) bond motifs is 9. The Morgan fingerprint density at radius 2 is 1.31 bits per heavy atom. The predicted octanol–water partition coefficient (Wildman–Crippen LogP) is 8.08. The molecular weight excluding hydrogens is 478 g/mol. The van der Waals surface area contributed by atoms with Crippen LogP contribution in [0.4, 0.5) is 5.69 Å². The topological polar surface area (TPSA) is 48.0 Å². The van der Waals surface area contributed by atoms with E-state index in [1.807, 2.05) is 12.4 Å². The Morgan fingerprint density at radius 1 is 0.590 bits per heavy atom. The van der Waals surface area contributed by atoms with E-state index in [0.29, 0.717) is 5.95 Å². The molecule has 5 aromatic carbocycles. The first kappa shape index (κ1) is 20.7. The van der Waals surface area contributed by atoms with Crippen LogP contribution in [0.5, 0.6) is 0 Å². The van der Waals surface area contributed by atoms with Gasteiger partial charge in [0.15, 0.2) is 0 Å². The molecule has 0 fully saturated rings. The van der Waals surface area contributed by atoms with Gasteiger partial charge in [-0.25, -0.2) is 9.97 Å². The number of nitrogens with zero attached hydrogens (tertiary/aromatic N) is 5. The summed E-state index contributed by atoms with van der Waals surface area (Å²) in [7, 11) is 0. The number of aromatic nitrogens is 4. The smallest absolute Gasteiger partial charge is 0.235 e. The molecule has 0 atom stereocenters. The summed E-state index contributed by atoms with van der Waals surface area (Å²) in [6.07, 6.45) is 4.49. The average molecular weight is 500 g/mol. The fraction of sp³-hybridized carbons (Fsp3) is 0.0294. The van der Waals surface area contributed by atoms with Gasteiger partial charge in [-0.05, 0) is 41.1 Å². The summed E-state index contributed by atoms with van der Waals surface area (Å²) in [5.41, 5.74) is 7.48. The van der Waals surface area contributed by atoms with Gasteiger partial charge in [-0.15, -0.1) is 0 Å². The van der Waals surface area contributed by atoms with Crippen LogP contribution in [0.3, 0.4) is 0 Å². The maximum atomic E-state index is 5.02. The summed E-state index contributed by atoms with van der Waals surface area (Å²) in [6, 6.07) is 37.0. The van der Waals surface area contributed by atoms with Crippen molar-refractivity contribution in [1.82, 2.24) is 19.1 Å². The van der Waals surface area contributed by atoms with E-state index in [1.165, 1.54) is 37.8 Å². The minimum absolute atomic E-state index is 0.674. The number of hydrogen-bond donors (Lipinski definition) is 0. The normalized spacial score (nSPS) is 12.9. The molecule has 0 unspecified atom stereocenters. The number of aliphatic imine (C=N–C) groups is 1. The Morgan fingerprint density at radius 3 is 2.18 bits per heavy atom. The molecule has 39 heavy (non-hydrogen) atoms. The Hall–Kier alpha value is -5.29. The second kappa shape index (κ2) is 7.62. The third-order valence-electron chi connectivity index (χ3n) is 7.99. The fourth-order valence-electron chi connectivity index (χ4n) is 6.28. The van der Waals surface area contributed by atoms with E-state index in [4.69, 9.17) is 9.97 Å². The van der Waals surface area contributed by atoms with Crippen LogP contribution in [-0.4, -0.2) is 25.3 Å². The molecule has 0 bridgehead atoms. The Balaban J connectivity index is 1.54. The van der Waals surface area contributed by atoms with Crippen LogP contribution >= 0.6 is 0 Å². The van der Waals surface area contributed by atoms with Gasteiger partial charge in [0.1, 0.15) is 5.69 Å². The molecule has 1 aliphatic rings. The molecule has 0 N–H and O–H groups in total. The molecule has 0 radical (unpaired) electrons. The van der Waals surface area contributed by atoms with Gasteiger partial charge < -0.3 is 4.57 Å². The van der Waals surface area contributed by atoms with Crippen LogP contribution in [0.25, 0.3) is 66.0 Å². The van der Waals surface area contributed by atoms with Crippen LogP contribution in [0.2, 0.25) is 0 Å². The first-order chi connectivity index (χ1) is 19.3. The van der Waals surface area contributed by atoms with Crippen molar-refractivity contribution in [2.75, 3.05) is 0 Å². The molecule has 0 saturated heterocycles. The molecule has 0 aliphatic carbocycles. The van der Waals surface area contributed by atoms with Crippen molar-refractivity contribution < 1.29 is 0 Å². The molecule has 4 heterocycles. The van der Waals surface area contributed by atoms with Crippen molar-refractivity contribution in [3.05, 3.63) is 115 Å². The number of rotatable bonds is 2. The zero-order chi connectivity index (χ0) is 25.5. The van der Waals surface area contributed by atoms with Crippen LogP contribution in [0, 0.1) is 0 Å². The Labute approximate surface area is 223 Å².